The Morgan fingerprint density at radius 2 is 1.38 bits per heavy atom. The number of hydrogen-bond acceptors (Lipinski definition) is 8. The van der Waals surface area contributed by atoms with E-state index in [1.54, 1.807) is 13.8 Å². The molecule has 176 valence electrons. The Kier molecular flexibility index (Phi) is 5.02. The number of aliphatic hydroxyl groups is 4. The van der Waals surface area contributed by atoms with E-state index >= 15 is 0 Å². The van der Waals surface area contributed by atoms with E-state index in [0.717, 1.165) is 6.92 Å². The fourth-order valence-electron chi connectivity index (χ4n) is 6.46. The lowest BCUT2D eigenvalue weighted by molar-refractivity contribution is -0.222. The molecule has 4 N–H and O–H groups in total. The van der Waals surface area contributed by atoms with Crippen LogP contribution in [0.5, 0.6) is 0 Å². The Morgan fingerprint density at radius 3 is 1.81 bits per heavy atom. The number of carbonyl (C=O) groups is 4. The molecule has 6 atom stereocenters. The number of Topliss-reactive ketones (excluding diaryl/α,β-unsaturated/α-hetero) is 4. The fourth-order valence-corrected chi connectivity index (χ4v) is 6.46. The van der Waals surface area contributed by atoms with Crippen LogP contribution in [0.4, 0.5) is 0 Å². The van der Waals surface area contributed by atoms with Crippen molar-refractivity contribution in [2.75, 3.05) is 0 Å². The van der Waals surface area contributed by atoms with Crippen LogP contribution in [0.25, 0.3) is 0 Å². The summed E-state index contributed by atoms with van der Waals surface area (Å²) < 4.78 is 0. The van der Waals surface area contributed by atoms with Crippen molar-refractivity contribution in [1.29, 1.82) is 0 Å². The van der Waals surface area contributed by atoms with Crippen molar-refractivity contribution in [2.24, 2.45) is 34.5 Å². The minimum Gasteiger partial charge on any atom is -0.511 e. The molecule has 4 aliphatic carbocycles. The monoisotopic (exact) mass is 448 g/mol. The van der Waals surface area contributed by atoms with Gasteiger partial charge < -0.3 is 20.4 Å². The maximum atomic E-state index is 13.8. The predicted molar refractivity (Wildman–Crippen MR) is 113 cm³/mol. The lowest BCUT2D eigenvalue weighted by atomic mass is 9.33. The van der Waals surface area contributed by atoms with E-state index in [2.05, 4.69) is 0 Å². The van der Waals surface area contributed by atoms with E-state index in [1.807, 2.05) is 0 Å². The number of hydrogen-bond donors (Lipinski definition) is 4. The molecule has 0 amide bonds. The van der Waals surface area contributed by atoms with Gasteiger partial charge in [-0.25, -0.2) is 0 Å². The minimum absolute atomic E-state index is 0.287. The number of fused-ring (bicyclic) bond motifs is 1. The molecular weight excluding hydrogens is 416 g/mol. The highest BCUT2D eigenvalue weighted by Crippen LogP contribution is 2.71. The van der Waals surface area contributed by atoms with Gasteiger partial charge in [0.2, 0.25) is 0 Å². The van der Waals surface area contributed by atoms with Crippen LogP contribution in [-0.2, 0) is 19.2 Å². The molecule has 0 radical (unpaired) electrons. The SMILES string of the molecule is CC1=C(O)[C@@](C)(O)[C@H]2[C@H]3C(C(=O)C(C)C)=C(O)[C@](C)(C(=O)[C@@]3(C)O)[C@@]2(C(=O)C(C)C)C1=O. The summed E-state index contributed by atoms with van der Waals surface area (Å²) >= 11 is 0. The van der Waals surface area contributed by atoms with Crippen molar-refractivity contribution in [3.8, 4) is 0 Å². The summed E-state index contributed by atoms with van der Waals surface area (Å²) in [6.45, 7) is 11.0. The van der Waals surface area contributed by atoms with Crippen LogP contribution >= 0.6 is 0 Å². The summed E-state index contributed by atoms with van der Waals surface area (Å²) in [5.41, 5.74) is -9.75. The van der Waals surface area contributed by atoms with Gasteiger partial charge in [0.15, 0.2) is 23.1 Å². The zero-order valence-corrected chi connectivity index (χ0v) is 19.7. The molecule has 0 spiro atoms. The van der Waals surface area contributed by atoms with Gasteiger partial charge in [-0.3, -0.25) is 19.2 Å². The summed E-state index contributed by atoms with van der Waals surface area (Å²) in [7, 11) is 0. The molecule has 0 aliphatic heterocycles. The molecule has 8 heteroatoms. The highest BCUT2D eigenvalue weighted by atomic mass is 16.3. The molecule has 32 heavy (non-hydrogen) atoms. The summed E-state index contributed by atoms with van der Waals surface area (Å²) in [5.74, 6) is -9.17. The van der Waals surface area contributed by atoms with E-state index in [0.29, 0.717) is 0 Å². The van der Waals surface area contributed by atoms with Gasteiger partial charge in [0.25, 0.3) is 0 Å². The lowest BCUT2D eigenvalue weighted by Crippen LogP contribution is -2.80. The largest absolute Gasteiger partial charge is 0.511 e. The fraction of sp³-hybridized carbons (Fsp3) is 0.667. The molecule has 0 unspecified atom stereocenters. The van der Waals surface area contributed by atoms with Crippen LogP contribution in [-0.4, -0.2) is 54.8 Å². The Balaban J connectivity index is 2.64. The standard InChI is InChI=1S/C24H32O8/c1-9(2)14(25)12-13-15-23(8,32)17(27)11(5)18(28)24(15,16(26)10(3)4)21(6,19(12)29)20(30)22(13,7)31/h9-10,13,15,27,29,31-32H,1-8H3/t13-,15-,21-,22+,23+,24+/m1/s1. The summed E-state index contributed by atoms with van der Waals surface area (Å²) in [5, 5.41) is 45.1. The number of ketones is 4. The zero-order valence-electron chi connectivity index (χ0n) is 19.7. The van der Waals surface area contributed by atoms with Gasteiger partial charge in [0.05, 0.1) is 0 Å². The second kappa shape index (κ2) is 6.60. The zero-order chi connectivity index (χ0) is 24.9. The Hall–Kier alpha value is -2.32. The van der Waals surface area contributed by atoms with Gasteiger partial charge in [-0.05, 0) is 27.7 Å². The van der Waals surface area contributed by atoms with Crippen LogP contribution in [0.3, 0.4) is 0 Å². The highest BCUT2D eigenvalue weighted by molar-refractivity contribution is 6.23. The first-order valence-electron chi connectivity index (χ1n) is 10.8. The molecule has 0 aromatic rings. The summed E-state index contributed by atoms with van der Waals surface area (Å²) in [6.07, 6.45) is 0. The molecule has 0 saturated heterocycles. The van der Waals surface area contributed by atoms with E-state index < -0.39 is 80.4 Å². The average Bonchev–Trinajstić information content (AvgIpc) is 2.69. The summed E-state index contributed by atoms with van der Waals surface area (Å²) in [4.78, 5) is 54.5. The highest BCUT2D eigenvalue weighted by Gasteiger charge is 2.84. The third-order valence-corrected chi connectivity index (χ3v) is 7.99. The Morgan fingerprint density at radius 1 is 0.875 bits per heavy atom. The molecule has 0 heterocycles. The second-order valence-electron chi connectivity index (χ2n) is 10.6. The Labute approximate surface area is 187 Å². The maximum Gasteiger partial charge on any atom is 0.179 e. The number of rotatable bonds is 4. The van der Waals surface area contributed by atoms with Gasteiger partial charge in [0, 0.05) is 34.8 Å². The molecule has 8 nitrogen and oxygen atoms in total. The number of carbonyl (C=O) groups excluding carboxylic acids is 4. The van der Waals surface area contributed by atoms with Crippen molar-refractivity contribution >= 4 is 23.1 Å². The van der Waals surface area contributed by atoms with E-state index in [9.17, 15) is 39.6 Å². The van der Waals surface area contributed by atoms with Gasteiger partial charge in [-0.15, -0.1) is 0 Å². The molecule has 1 saturated carbocycles. The third kappa shape index (κ3) is 2.29. The van der Waals surface area contributed by atoms with Crippen molar-refractivity contribution in [3.63, 3.8) is 0 Å². The van der Waals surface area contributed by atoms with E-state index in [1.165, 1.54) is 34.6 Å². The molecule has 4 rings (SSSR count). The van der Waals surface area contributed by atoms with Crippen LogP contribution in [0.1, 0.15) is 55.4 Å². The smallest absolute Gasteiger partial charge is 0.179 e. The van der Waals surface area contributed by atoms with Gasteiger partial charge in [-0.1, -0.05) is 27.7 Å². The van der Waals surface area contributed by atoms with Gasteiger partial charge in [-0.2, -0.15) is 0 Å². The molecule has 0 aromatic heterocycles. The molecule has 2 bridgehead atoms. The van der Waals surface area contributed by atoms with Gasteiger partial charge >= 0.3 is 0 Å². The third-order valence-electron chi connectivity index (χ3n) is 7.99. The average molecular weight is 449 g/mol. The maximum absolute atomic E-state index is 13.8. The molecular formula is C24H32O8. The quantitative estimate of drug-likeness (QED) is 0.477. The Bertz CT molecular complexity index is 1020. The van der Waals surface area contributed by atoms with Crippen molar-refractivity contribution in [2.45, 2.75) is 66.6 Å². The number of allylic oxidation sites excluding steroid dienone is 2. The van der Waals surface area contributed by atoms with Crippen molar-refractivity contribution in [3.05, 3.63) is 22.7 Å². The first-order chi connectivity index (χ1) is 14.4. The van der Waals surface area contributed by atoms with Crippen LogP contribution in [0.2, 0.25) is 0 Å². The van der Waals surface area contributed by atoms with Gasteiger partial charge in [0.1, 0.15) is 33.6 Å². The molecule has 0 aromatic carbocycles. The van der Waals surface area contributed by atoms with Crippen LogP contribution in [0.15, 0.2) is 22.7 Å². The first kappa shape index (κ1) is 24.3. The summed E-state index contributed by atoms with van der Waals surface area (Å²) in [6, 6.07) is 0. The van der Waals surface area contributed by atoms with Crippen LogP contribution in [0, 0.1) is 34.5 Å². The molecule has 1 fully saturated rings. The second-order valence-corrected chi connectivity index (χ2v) is 10.6. The minimum atomic E-state index is -2.32. The lowest BCUT2D eigenvalue weighted by Gasteiger charge is -2.67. The normalized spacial score (nSPS) is 41.6. The molecule has 4 aliphatic rings. The van der Waals surface area contributed by atoms with Crippen LogP contribution < -0.4 is 0 Å². The topological polar surface area (TPSA) is 149 Å². The van der Waals surface area contributed by atoms with E-state index in [-0.39, 0.29) is 11.1 Å². The number of aliphatic hydroxyl groups excluding tert-OH is 2. The van der Waals surface area contributed by atoms with E-state index in [4.69, 9.17) is 0 Å². The first-order valence-corrected chi connectivity index (χ1v) is 10.8. The van der Waals surface area contributed by atoms with Crippen molar-refractivity contribution in [1.82, 2.24) is 0 Å². The van der Waals surface area contributed by atoms with Crippen molar-refractivity contribution < 1.29 is 39.6 Å². The predicted octanol–water partition coefficient (Wildman–Crippen LogP) is 1.99.